The molecule has 0 bridgehead atoms. The van der Waals surface area contributed by atoms with Crippen LogP contribution in [0.2, 0.25) is 0 Å². The number of para-hydroxylation sites is 1. The molecule has 0 saturated carbocycles. The molecule has 0 spiro atoms. The molecule has 0 aromatic heterocycles. The molecule has 0 amide bonds. The highest BCUT2D eigenvalue weighted by molar-refractivity contribution is 5.44. The van der Waals surface area contributed by atoms with Gasteiger partial charge in [-0.05, 0) is 24.6 Å². The molecule has 0 heterocycles. The van der Waals surface area contributed by atoms with Gasteiger partial charge in [-0.3, -0.25) is 0 Å². The zero-order chi connectivity index (χ0) is 13.5. The van der Waals surface area contributed by atoms with Crippen molar-refractivity contribution in [3.05, 3.63) is 66.2 Å². The lowest BCUT2D eigenvalue weighted by Gasteiger charge is -2.21. The maximum Gasteiger partial charge on any atom is 0.0364 e. The molecule has 0 saturated heterocycles. The van der Waals surface area contributed by atoms with Gasteiger partial charge in [0.1, 0.15) is 0 Å². The van der Waals surface area contributed by atoms with E-state index in [1.807, 2.05) is 6.07 Å². The minimum Gasteiger partial charge on any atom is -0.373 e. The molecule has 0 fully saturated rings. The summed E-state index contributed by atoms with van der Waals surface area (Å²) < 4.78 is 0. The Bertz CT molecular complexity index is 422. The van der Waals surface area contributed by atoms with Crippen LogP contribution in [0.15, 0.2) is 60.7 Å². The van der Waals surface area contributed by atoms with Crippen molar-refractivity contribution >= 4 is 5.69 Å². The molecular formula is C17H22N2. The fourth-order valence-electron chi connectivity index (χ4n) is 2.12. The SMILES string of the molecule is CC(NCCN(C)c1ccccc1)c1ccccc1. The Hall–Kier alpha value is -1.80. The highest BCUT2D eigenvalue weighted by Gasteiger charge is 2.04. The molecule has 100 valence electrons. The first kappa shape index (κ1) is 13.6. The van der Waals surface area contributed by atoms with Gasteiger partial charge in [-0.1, -0.05) is 48.5 Å². The third kappa shape index (κ3) is 4.11. The Balaban J connectivity index is 1.78. The van der Waals surface area contributed by atoms with Crippen molar-refractivity contribution < 1.29 is 0 Å². The zero-order valence-corrected chi connectivity index (χ0v) is 11.7. The molecule has 2 aromatic carbocycles. The smallest absolute Gasteiger partial charge is 0.0364 e. The third-order valence-corrected chi connectivity index (χ3v) is 3.39. The number of rotatable bonds is 6. The molecular weight excluding hydrogens is 232 g/mol. The van der Waals surface area contributed by atoms with E-state index in [9.17, 15) is 0 Å². The summed E-state index contributed by atoms with van der Waals surface area (Å²) in [6.07, 6.45) is 0. The number of hydrogen-bond acceptors (Lipinski definition) is 2. The maximum absolute atomic E-state index is 3.56. The Morgan fingerprint density at radius 3 is 2.16 bits per heavy atom. The van der Waals surface area contributed by atoms with Crippen LogP contribution >= 0.6 is 0 Å². The molecule has 2 nitrogen and oxygen atoms in total. The minimum atomic E-state index is 0.394. The third-order valence-electron chi connectivity index (χ3n) is 3.39. The summed E-state index contributed by atoms with van der Waals surface area (Å²) in [6, 6.07) is 21.4. The van der Waals surface area contributed by atoms with Crippen molar-refractivity contribution in [2.24, 2.45) is 0 Å². The van der Waals surface area contributed by atoms with Gasteiger partial charge in [0, 0.05) is 31.9 Å². The van der Waals surface area contributed by atoms with Crippen LogP contribution in [0.25, 0.3) is 0 Å². The predicted molar refractivity (Wildman–Crippen MR) is 82.6 cm³/mol. The van der Waals surface area contributed by atoms with Crippen LogP contribution in [0, 0.1) is 0 Å². The first-order chi connectivity index (χ1) is 9.27. The molecule has 1 N–H and O–H groups in total. The Kier molecular flexibility index (Phi) is 4.99. The largest absolute Gasteiger partial charge is 0.373 e. The van der Waals surface area contributed by atoms with Gasteiger partial charge in [0.25, 0.3) is 0 Å². The molecule has 0 aliphatic carbocycles. The summed E-state index contributed by atoms with van der Waals surface area (Å²) in [6.45, 7) is 4.18. The lowest BCUT2D eigenvalue weighted by Crippen LogP contribution is -2.30. The van der Waals surface area contributed by atoms with Gasteiger partial charge in [-0.2, -0.15) is 0 Å². The summed E-state index contributed by atoms with van der Waals surface area (Å²) in [5.41, 5.74) is 2.60. The Morgan fingerprint density at radius 1 is 0.947 bits per heavy atom. The summed E-state index contributed by atoms with van der Waals surface area (Å²) in [5.74, 6) is 0. The van der Waals surface area contributed by atoms with Crippen LogP contribution in [0.4, 0.5) is 5.69 Å². The Labute approximate surface area is 116 Å². The maximum atomic E-state index is 3.56. The summed E-state index contributed by atoms with van der Waals surface area (Å²) in [5, 5.41) is 3.56. The molecule has 2 aromatic rings. The minimum absolute atomic E-state index is 0.394. The van der Waals surface area contributed by atoms with Crippen LogP contribution in [0.1, 0.15) is 18.5 Å². The lowest BCUT2D eigenvalue weighted by molar-refractivity contribution is 0.576. The van der Waals surface area contributed by atoms with Crippen molar-refractivity contribution in [1.29, 1.82) is 0 Å². The van der Waals surface area contributed by atoms with Gasteiger partial charge >= 0.3 is 0 Å². The number of nitrogens with one attached hydrogen (secondary N) is 1. The van der Waals surface area contributed by atoms with Gasteiger partial charge in [0.15, 0.2) is 0 Å². The van der Waals surface area contributed by atoms with E-state index in [2.05, 4.69) is 78.8 Å². The highest BCUT2D eigenvalue weighted by atomic mass is 15.1. The molecule has 19 heavy (non-hydrogen) atoms. The zero-order valence-electron chi connectivity index (χ0n) is 11.7. The molecule has 0 aliphatic rings. The fourth-order valence-corrected chi connectivity index (χ4v) is 2.12. The van der Waals surface area contributed by atoms with E-state index in [-0.39, 0.29) is 0 Å². The van der Waals surface area contributed by atoms with Crippen molar-refractivity contribution in [1.82, 2.24) is 5.32 Å². The van der Waals surface area contributed by atoms with Crippen molar-refractivity contribution in [2.45, 2.75) is 13.0 Å². The van der Waals surface area contributed by atoms with Gasteiger partial charge < -0.3 is 10.2 Å². The highest BCUT2D eigenvalue weighted by Crippen LogP contribution is 2.12. The average Bonchev–Trinajstić information content (AvgIpc) is 2.49. The van der Waals surface area contributed by atoms with Crippen molar-refractivity contribution in [2.75, 3.05) is 25.0 Å². The van der Waals surface area contributed by atoms with E-state index >= 15 is 0 Å². The normalized spacial score (nSPS) is 12.1. The van der Waals surface area contributed by atoms with Gasteiger partial charge in [0.05, 0.1) is 0 Å². The second-order valence-electron chi connectivity index (χ2n) is 4.84. The monoisotopic (exact) mass is 254 g/mol. The van der Waals surface area contributed by atoms with Crippen molar-refractivity contribution in [3.8, 4) is 0 Å². The molecule has 2 heteroatoms. The molecule has 1 atom stereocenters. The average molecular weight is 254 g/mol. The van der Waals surface area contributed by atoms with Crippen LogP contribution in [-0.2, 0) is 0 Å². The van der Waals surface area contributed by atoms with Gasteiger partial charge in [-0.25, -0.2) is 0 Å². The molecule has 2 rings (SSSR count). The van der Waals surface area contributed by atoms with E-state index in [0.717, 1.165) is 13.1 Å². The topological polar surface area (TPSA) is 15.3 Å². The molecule has 1 unspecified atom stereocenters. The number of likely N-dealkylation sites (N-methyl/N-ethyl adjacent to an activating group) is 1. The second-order valence-corrected chi connectivity index (χ2v) is 4.84. The van der Waals surface area contributed by atoms with E-state index in [1.54, 1.807) is 0 Å². The van der Waals surface area contributed by atoms with Gasteiger partial charge in [-0.15, -0.1) is 0 Å². The van der Waals surface area contributed by atoms with Crippen LogP contribution in [0.5, 0.6) is 0 Å². The van der Waals surface area contributed by atoms with E-state index in [4.69, 9.17) is 0 Å². The predicted octanol–water partition coefficient (Wildman–Crippen LogP) is 3.47. The van der Waals surface area contributed by atoms with Crippen molar-refractivity contribution in [3.63, 3.8) is 0 Å². The Morgan fingerprint density at radius 2 is 1.53 bits per heavy atom. The van der Waals surface area contributed by atoms with Crippen LogP contribution < -0.4 is 10.2 Å². The van der Waals surface area contributed by atoms with E-state index in [1.165, 1.54) is 11.3 Å². The van der Waals surface area contributed by atoms with Gasteiger partial charge in [0.2, 0.25) is 0 Å². The van der Waals surface area contributed by atoms with Crippen LogP contribution in [-0.4, -0.2) is 20.1 Å². The summed E-state index contributed by atoms with van der Waals surface area (Å²) in [4.78, 5) is 2.27. The lowest BCUT2D eigenvalue weighted by atomic mass is 10.1. The first-order valence-corrected chi connectivity index (χ1v) is 6.82. The van der Waals surface area contributed by atoms with Crippen LogP contribution in [0.3, 0.4) is 0 Å². The number of nitrogens with zero attached hydrogens (tertiary/aromatic N) is 1. The molecule has 0 radical (unpaired) electrons. The van der Waals surface area contributed by atoms with E-state index < -0.39 is 0 Å². The first-order valence-electron chi connectivity index (χ1n) is 6.82. The fraction of sp³-hybridized carbons (Fsp3) is 0.294. The number of hydrogen-bond donors (Lipinski definition) is 1. The standard InChI is InChI=1S/C17H22N2/c1-15(16-9-5-3-6-10-16)18-13-14-19(2)17-11-7-4-8-12-17/h3-12,15,18H,13-14H2,1-2H3. The summed E-state index contributed by atoms with van der Waals surface area (Å²) >= 11 is 0. The number of benzene rings is 2. The number of anilines is 1. The molecule has 0 aliphatic heterocycles. The summed E-state index contributed by atoms with van der Waals surface area (Å²) in [7, 11) is 2.13. The second kappa shape index (κ2) is 6.95. The quantitative estimate of drug-likeness (QED) is 0.849. The van der Waals surface area contributed by atoms with E-state index in [0.29, 0.717) is 6.04 Å².